The third kappa shape index (κ3) is 4.91. The largest absolute Gasteiger partial charge is 0.481 e. The number of carboxylic acids is 2. The smallest absolute Gasteiger partial charge is 0.326 e. The molecule has 0 bridgehead atoms. The average Bonchev–Trinajstić information content (AvgIpc) is 2.40. The molecule has 0 heterocycles. The van der Waals surface area contributed by atoms with Gasteiger partial charge in [0, 0.05) is 12.0 Å². The molecule has 0 spiro atoms. The number of rotatable bonds is 7. The molecule has 0 aliphatic rings. The molecule has 114 valence electrons. The highest BCUT2D eigenvalue weighted by Gasteiger charge is 2.21. The molecule has 0 saturated carbocycles. The van der Waals surface area contributed by atoms with Crippen molar-refractivity contribution in [2.24, 2.45) is 0 Å². The average molecular weight is 293 g/mol. The van der Waals surface area contributed by atoms with Gasteiger partial charge in [-0.3, -0.25) is 9.59 Å². The molecule has 1 aromatic rings. The van der Waals surface area contributed by atoms with Crippen LogP contribution in [0.15, 0.2) is 18.2 Å². The predicted octanol–water partition coefficient (Wildman–Crippen LogP) is 1.74. The molecule has 0 radical (unpaired) electrons. The molecule has 0 aliphatic heterocycles. The molecule has 6 nitrogen and oxygen atoms in total. The number of carbonyl (C=O) groups is 3. The summed E-state index contributed by atoms with van der Waals surface area (Å²) in [6, 6.07) is 4.15. The van der Waals surface area contributed by atoms with Crippen LogP contribution in [-0.4, -0.2) is 34.1 Å². The van der Waals surface area contributed by atoms with Gasteiger partial charge in [0.25, 0.3) is 5.91 Å². The predicted molar refractivity (Wildman–Crippen MR) is 76.3 cm³/mol. The fourth-order valence-electron chi connectivity index (χ4n) is 1.95. The van der Waals surface area contributed by atoms with E-state index in [0.29, 0.717) is 5.56 Å². The lowest BCUT2D eigenvalue weighted by Crippen LogP contribution is -2.41. The number of aryl methyl sites for hydroxylation is 1. The first-order valence-electron chi connectivity index (χ1n) is 6.64. The summed E-state index contributed by atoms with van der Waals surface area (Å²) in [6.07, 6.45) is 0.154. The number of amides is 1. The van der Waals surface area contributed by atoms with Crippen molar-refractivity contribution >= 4 is 17.8 Å². The molecular weight excluding hydrogens is 274 g/mol. The molecule has 6 heteroatoms. The van der Waals surface area contributed by atoms with Crippen LogP contribution < -0.4 is 5.32 Å². The van der Waals surface area contributed by atoms with E-state index in [9.17, 15) is 14.4 Å². The number of aliphatic carboxylic acids is 2. The molecule has 0 saturated heterocycles. The lowest BCUT2D eigenvalue weighted by molar-refractivity contribution is -0.140. The summed E-state index contributed by atoms with van der Waals surface area (Å²) in [5.74, 6) is -2.61. The molecule has 1 rings (SSSR count). The summed E-state index contributed by atoms with van der Waals surface area (Å²) < 4.78 is 0. The molecule has 0 unspecified atom stereocenters. The van der Waals surface area contributed by atoms with Crippen molar-refractivity contribution in [1.29, 1.82) is 0 Å². The summed E-state index contributed by atoms with van der Waals surface area (Å²) in [5.41, 5.74) is 2.17. The molecule has 1 amide bonds. The minimum Gasteiger partial charge on any atom is -0.481 e. The van der Waals surface area contributed by atoms with Gasteiger partial charge >= 0.3 is 11.9 Å². The fraction of sp³-hybridized carbons (Fsp3) is 0.400. The highest BCUT2D eigenvalue weighted by molar-refractivity contribution is 5.98. The molecule has 0 aromatic heterocycles. The van der Waals surface area contributed by atoms with E-state index in [2.05, 4.69) is 5.32 Å². The van der Waals surface area contributed by atoms with Gasteiger partial charge in [-0.25, -0.2) is 4.79 Å². The molecular formula is C15H19NO5. The Balaban J connectivity index is 2.74. The zero-order valence-corrected chi connectivity index (χ0v) is 12.0. The van der Waals surface area contributed by atoms with Gasteiger partial charge in [-0.2, -0.15) is 0 Å². The fourth-order valence-corrected chi connectivity index (χ4v) is 1.95. The summed E-state index contributed by atoms with van der Waals surface area (Å²) in [6.45, 7) is 3.66. The second-order valence-electron chi connectivity index (χ2n) is 4.90. The second-order valence-corrected chi connectivity index (χ2v) is 4.90. The second kappa shape index (κ2) is 7.42. The Labute approximate surface area is 122 Å². The first-order chi connectivity index (χ1) is 9.82. The third-order valence-electron chi connectivity index (χ3n) is 3.34. The Bertz CT molecular complexity index is 553. The molecule has 0 fully saturated rings. The van der Waals surface area contributed by atoms with Crippen molar-refractivity contribution in [3.63, 3.8) is 0 Å². The van der Waals surface area contributed by atoms with Crippen molar-refractivity contribution < 1.29 is 24.6 Å². The van der Waals surface area contributed by atoms with E-state index in [1.54, 1.807) is 19.1 Å². The number of carboxylic acid groups (broad SMARTS) is 2. The SMILES string of the molecule is Cc1cccc(C(=O)N[C@H](CCCC(=O)O)C(=O)O)c1C. The van der Waals surface area contributed by atoms with Crippen LogP contribution in [0, 0.1) is 13.8 Å². The van der Waals surface area contributed by atoms with Gasteiger partial charge in [-0.1, -0.05) is 12.1 Å². The van der Waals surface area contributed by atoms with E-state index in [1.807, 2.05) is 13.0 Å². The van der Waals surface area contributed by atoms with E-state index in [0.717, 1.165) is 11.1 Å². The van der Waals surface area contributed by atoms with Gasteiger partial charge in [-0.05, 0) is 43.9 Å². The van der Waals surface area contributed by atoms with Crippen molar-refractivity contribution in [3.05, 3.63) is 34.9 Å². The third-order valence-corrected chi connectivity index (χ3v) is 3.34. The molecule has 3 N–H and O–H groups in total. The van der Waals surface area contributed by atoms with E-state index < -0.39 is 23.9 Å². The highest BCUT2D eigenvalue weighted by atomic mass is 16.4. The number of benzene rings is 1. The number of hydrogen-bond donors (Lipinski definition) is 3. The summed E-state index contributed by atoms with van der Waals surface area (Å²) in [7, 11) is 0. The van der Waals surface area contributed by atoms with Gasteiger partial charge in [0.1, 0.15) is 6.04 Å². The summed E-state index contributed by atoms with van der Waals surface area (Å²) >= 11 is 0. The van der Waals surface area contributed by atoms with Crippen molar-refractivity contribution in [2.45, 2.75) is 39.2 Å². The van der Waals surface area contributed by atoms with E-state index >= 15 is 0 Å². The van der Waals surface area contributed by atoms with E-state index in [1.165, 1.54) is 0 Å². The molecule has 0 aliphatic carbocycles. The van der Waals surface area contributed by atoms with Crippen LogP contribution in [0.4, 0.5) is 0 Å². The topological polar surface area (TPSA) is 104 Å². The maximum absolute atomic E-state index is 12.1. The van der Waals surface area contributed by atoms with Crippen LogP contribution in [0.1, 0.15) is 40.7 Å². The Morgan fingerprint density at radius 3 is 2.43 bits per heavy atom. The van der Waals surface area contributed by atoms with Crippen molar-refractivity contribution in [3.8, 4) is 0 Å². The minimum atomic E-state index is -1.17. The highest BCUT2D eigenvalue weighted by Crippen LogP contribution is 2.13. The Kier molecular flexibility index (Phi) is 5.90. The van der Waals surface area contributed by atoms with Gasteiger partial charge in [0.2, 0.25) is 0 Å². The maximum Gasteiger partial charge on any atom is 0.326 e. The van der Waals surface area contributed by atoms with Crippen LogP contribution in [0.3, 0.4) is 0 Å². The van der Waals surface area contributed by atoms with Gasteiger partial charge < -0.3 is 15.5 Å². The van der Waals surface area contributed by atoms with Crippen LogP contribution in [-0.2, 0) is 9.59 Å². The zero-order chi connectivity index (χ0) is 16.0. The maximum atomic E-state index is 12.1. The Hall–Kier alpha value is -2.37. The number of hydrogen-bond acceptors (Lipinski definition) is 3. The first-order valence-corrected chi connectivity index (χ1v) is 6.64. The van der Waals surface area contributed by atoms with Crippen LogP contribution in [0.2, 0.25) is 0 Å². The van der Waals surface area contributed by atoms with Crippen LogP contribution in [0.5, 0.6) is 0 Å². The summed E-state index contributed by atoms with van der Waals surface area (Å²) in [5, 5.41) is 20.1. The normalized spacial score (nSPS) is 11.7. The quantitative estimate of drug-likeness (QED) is 0.710. The van der Waals surface area contributed by atoms with Crippen molar-refractivity contribution in [1.82, 2.24) is 5.32 Å². The molecule has 21 heavy (non-hydrogen) atoms. The van der Waals surface area contributed by atoms with Crippen LogP contribution >= 0.6 is 0 Å². The molecule has 1 aromatic carbocycles. The minimum absolute atomic E-state index is 0.0816. The van der Waals surface area contributed by atoms with E-state index in [-0.39, 0.29) is 19.3 Å². The zero-order valence-electron chi connectivity index (χ0n) is 12.0. The van der Waals surface area contributed by atoms with Crippen LogP contribution in [0.25, 0.3) is 0 Å². The van der Waals surface area contributed by atoms with Gasteiger partial charge in [-0.15, -0.1) is 0 Å². The first kappa shape index (κ1) is 16.7. The van der Waals surface area contributed by atoms with Crippen molar-refractivity contribution in [2.75, 3.05) is 0 Å². The standard InChI is InChI=1S/C15H19NO5/c1-9-5-3-6-11(10(9)2)14(19)16-12(15(20)21)7-4-8-13(17)18/h3,5-6,12H,4,7-8H2,1-2H3,(H,16,19)(H,17,18)(H,20,21)/t12-/m1/s1. The Morgan fingerprint density at radius 2 is 1.86 bits per heavy atom. The monoisotopic (exact) mass is 293 g/mol. The number of nitrogens with one attached hydrogen (secondary N) is 1. The lowest BCUT2D eigenvalue weighted by atomic mass is 10.0. The van der Waals surface area contributed by atoms with Gasteiger partial charge in [0.05, 0.1) is 0 Å². The lowest BCUT2D eigenvalue weighted by Gasteiger charge is -2.15. The Morgan fingerprint density at radius 1 is 1.19 bits per heavy atom. The number of carbonyl (C=O) groups excluding carboxylic acids is 1. The van der Waals surface area contributed by atoms with Gasteiger partial charge in [0.15, 0.2) is 0 Å². The molecule has 1 atom stereocenters. The van der Waals surface area contributed by atoms with E-state index in [4.69, 9.17) is 10.2 Å². The summed E-state index contributed by atoms with van der Waals surface area (Å²) in [4.78, 5) is 33.7.